The van der Waals surface area contributed by atoms with Crippen molar-refractivity contribution in [2.24, 2.45) is 7.05 Å². The quantitative estimate of drug-likeness (QED) is 0.514. The topological polar surface area (TPSA) is 61.2 Å². The van der Waals surface area contributed by atoms with E-state index in [9.17, 15) is 9.59 Å². The second kappa shape index (κ2) is 4.55. The maximum Gasteiger partial charge on any atom is 0.359 e. The Labute approximate surface area is 81.7 Å². The normalized spacial score (nSPS) is 9.86. The highest BCUT2D eigenvalue weighted by Gasteiger charge is 2.16. The largest absolute Gasteiger partial charge is 0.461 e. The summed E-state index contributed by atoms with van der Waals surface area (Å²) in [6, 6.07) is 0. The molecule has 5 nitrogen and oxygen atoms in total. The average molecular weight is 196 g/mol. The molecule has 0 aliphatic heterocycles. The molecule has 0 radical (unpaired) electrons. The Morgan fingerprint density at radius 2 is 2.43 bits per heavy atom. The molecule has 0 spiro atoms. The van der Waals surface area contributed by atoms with Crippen molar-refractivity contribution in [2.75, 3.05) is 6.61 Å². The number of carbonyl (C=O) groups is 2. The molecule has 76 valence electrons. The summed E-state index contributed by atoms with van der Waals surface area (Å²) in [5.74, 6) is -0.482. The monoisotopic (exact) mass is 196 g/mol. The minimum atomic E-state index is -0.482. The first-order valence-electron chi connectivity index (χ1n) is 4.32. The van der Waals surface area contributed by atoms with Crippen molar-refractivity contribution in [3.63, 3.8) is 0 Å². The summed E-state index contributed by atoms with van der Waals surface area (Å²) in [5.41, 5.74) is 0.822. The van der Waals surface area contributed by atoms with Crippen molar-refractivity contribution < 1.29 is 14.3 Å². The van der Waals surface area contributed by atoms with Gasteiger partial charge in [-0.3, -0.25) is 4.68 Å². The fraction of sp³-hybridized carbons (Fsp3) is 0.444. The number of hydrogen-bond donors (Lipinski definition) is 0. The van der Waals surface area contributed by atoms with Crippen LogP contribution in [-0.2, 0) is 23.0 Å². The van der Waals surface area contributed by atoms with Crippen LogP contribution in [0.3, 0.4) is 0 Å². The molecule has 0 fully saturated rings. The van der Waals surface area contributed by atoms with Gasteiger partial charge in [-0.05, 0) is 6.92 Å². The van der Waals surface area contributed by atoms with Crippen LogP contribution in [0.4, 0.5) is 0 Å². The number of hydrogen-bond acceptors (Lipinski definition) is 4. The first-order valence-corrected chi connectivity index (χ1v) is 4.32. The molecule has 0 saturated carbocycles. The average Bonchev–Trinajstić information content (AvgIpc) is 2.48. The van der Waals surface area contributed by atoms with Crippen molar-refractivity contribution in [3.05, 3.63) is 17.5 Å². The van der Waals surface area contributed by atoms with Crippen molar-refractivity contribution >= 4 is 12.3 Å². The van der Waals surface area contributed by atoms with Crippen LogP contribution in [0.5, 0.6) is 0 Å². The number of aromatic nitrogens is 2. The van der Waals surface area contributed by atoms with Gasteiger partial charge >= 0.3 is 5.97 Å². The van der Waals surface area contributed by atoms with E-state index in [1.807, 2.05) is 0 Å². The van der Waals surface area contributed by atoms with Gasteiger partial charge in [0.05, 0.1) is 6.61 Å². The zero-order valence-electron chi connectivity index (χ0n) is 8.19. The summed E-state index contributed by atoms with van der Waals surface area (Å²) in [6.45, 7) is 2.02. The van der Waals surface area contributed by atoms with Crippen LogP contribution in [0.2, 0.25) is 0 Å². The fourth-order valence-corrected chi connectivity index (χ4v) is 1.15. The van der Waals surface area contributed by atoms with Gasteiger partial charge < -0.3 is 9.53 Å². The summed E-state index contributed by atoms with van der Waals surface area (Å²) in [4.78, 5) is 21.7. The summed E-state index contributed by atoms with van der Waals surface area (Å²) in [7, 11) is 1.69. The SMILES string of the molecule is CCOC(=O)c1nn(C)cc1CC=O. The van der Waals surface area contributed by atoms with Gasteiger partial charge in [0.1, 0.15) is 6.29 Å². The highest BCUT2D eigenvalue weighted by atomic mass is 16.5. The van der Waals surface area contributed by atoms with Gasteiger partial charge in [-0.2, -0.15) is 5.10 Å². The number of ether oxygens (including phenoxy) is 1. The van der Waals surface area contributed by atoms with E-state index in [0.717, 1.165) is 6.29 Å². The van der Waals surface area contributed by atoms with Gasteiger partial charge in [0.25, 0.3) is 0 Å². The number of esters is 1. The Morgan fingerprint density at radius 3 is 3.00 bits per heavy atom. The van der Waals surface area contributed by atoms with E-state index in [1.54, 1.807) is 20.2 Å². The van der Waals surface area contributed by atoms with E-state index in [-0.39, 0.29) is 12.1 Å². The molecule has 1 heterocycles. The predicted octanol–water partition coefficient (Wildman–Crippen LogP) is 0.338. The number of nitrogens with zero attached hydrogens (tertiary/aromatic N) is 2. The molecule has 0 atom stereocenters. The first kappa shape index (κ1) is 10.4. The van der Waals surface area contributed by atoms with Gasteiger partial charge in [0, 0.05) is 25.2 Å². The number of carbonyl (C=O) groups excluding carboxylic acids is 2. The maximum atomic E-state index is 11.3. The molecule has 0 bridgehead atoms. The lowest BCUT2D eigenvalue weighted by Gasteiger charge is -1.98. The molecule has 0 aromatic carbocycles. The minimum Gasteiger partial charge on any atom is -0.461 e. The third-order valence-electron chi connectivity index (χ3n) is 1.68. The first-order chi connectivity index (χ1) is 6.69. The van der Waals surface area contributed by atoms with E-state index in [1.165, 1.54) is 4.68 Å². The fourth-order valence-electron chi connectivity index (χ4n) is 1.15. The second-order valence-electron chi connectivity index (χ2n) is 2.77. The Balaban J connectivity index is 2.93. The number of aryl methyl sites for hydroxylation is 1. The van der Waals surface area contributed by atoms with E-state index >= 15 is 0 Å². The van der Waals surface area contributed by atoms with E-state index in [4.69, 9.17) is 4.74 Å². The Hall–Kier alpha value is -1.65. The van der Waals surface area contributed by atoms with Gasteiger partial charge in [-0.15, -0.1) is 0 Å². The van der Waals surface area contributed by atoms with E-state index in [0.29, 0.717) is 12.2 Å². The van der Waals surface area contributed by atoms with E-state index in [2.05, 4.69) is 5.10 Å². The molecule has 1 rings (SSSR count). The van der Waals surface area contributed by atoms with Crippen LogP contribution in [-0.4, -0.2) is 28.6 Å². The van der Waals surface area contributed by atoms with Crippen LogP contribution < -0.4 is 0 Å². The summed E-state index contributed by atoms with van der Waals surface area (Å²) < 4.78 is 6.29. The van der Waals surface area contributed by atoms with E-state index < -0.39 is 5.97 Å². The Kier molecular flexibility index (Phi) is 3.39. The molecule has 14 heavy (non-hydrogen) atoms. The van der Waals surface area contributed by atoms with Crippen molar-refractivity contribution in [1.82, 2.24) is 9.78 Å². The van der Waals surface area contributed by atoms with Crippen LogP contribution in [0.1, 0.15) is 23.0 Å². The van der Waals surface area contributed by atoms with Crippen LogP contribution >= 0.6 is 0 Å². The zero-order valence-corrected chi connectivity index (χ0v) is 8.19. The van der Waals surface area contributed by atoms with Gasteiger partial charge in [0.15, 0.2) is 5.69 Å². The van der Waals surface area contributed by atoms with Gasteiger partial charge in [-0.25, -0.2) is 4.79 Å². The minimum absolute atomic E-state index is 0.183. The van der Waals surface area contributed by atoms with Gasteiger partial charge in [-0.1, -0.05) is 0 Å². The Morgan fingerprint density at radius 1 is 1.71 bits per heavy atom. The molecule has 0 aliphatic rings. The molecule has 0 N–H and O–H groups in total. The lowest BCUT2D eigenvalue weighted by atomic mass is 10.2. The number of aldehydes is 1. The lowest BCUT2D eigenvalue weighted by molar-refractivity contribution is -0.107. The highest BCUT2D eigenvalue weighted by Crippen LogP contribution is 2.07. The second-order valence-corrected chi connectivity index (χ2v) is 2.77. The summed E-state index contributed by atoms with van der Waals surface area (Å²) >= 11 is 0. The summed E-state index contributed by atoms with van der Waals surface area (Å²) in [5, 5.41) is 3.93. The molecule has 0 amide bonds. The van der Waals surface area contributed by atoms with Crippen molar-refractivity contribution in [3.8, 4) is 0 Å². The highest BCUT2D eigenvalue weighted by molar-refractivity contribution is 5.89. The van der Waals surface area contributed by atoms with Crippen molar-refractivity contribution in [1.29, 1.82) is 0 Å². The zero-order chi connectivity index (χ0) is 10.6. The summed E-state index contributed by atoms with van der Waals surface area (Å²) in [6.07, 6.45) is 2.56. The van der Waals surface area contributed by atoms with Crippen LogP contribution in [0.15, 0.2) is 6.20 Å². The third-order valence-corrected chi connectivity index (χ3v) is 1.68. The molecular weight excluding hydrogens is 184 g/mol. The predicted molar refractivity (Wildman–Crippen MR) is 48.9 cm³/mol. The molecule has 0 aliphatic carbocycles. The maximum absolute atomic E-state index is 11.3. The molecule has 5 heteroatoms. The smallest absolute Gasteiger partial charge is 0.359 e. The molecule has 1 aromatic rings. The number of rotatable bonds is 4. The molecule has 0 unspecified atom stereocenters. The molecule has 0 saturated heterocycles. The van der Waals surface area contributed by atoms with Crippen molar-refractivity contribution in [2.45, 2.75) is 13.3 Å². The third kappa shape index (κ3) is 2.18. The van der Waals surface area contributed by atoms with Crippen LogP contribution in [0.25, 0.3) is 0 Å². The van der Waals surface area contributed by atoms with Gasteiger partial charge in [0.2, 0.25) is 0 Å². The van der Waals surface area contributed by atoms with Crippen LogP contribution in [0, 0.1) is 0 Å². The molecule has 1 aromatic heterocycles. The lowest BCUT2D eigenvalue weighted by Crippen LogP contribution is -2.08. The standard InChI is InChI=1S/C9H12N2O3/c1-3-14-9(13)8-7(4-5-12)6-11(2)10-8/h5-6H,3-4H2,1-2H3. The molecular formula is C9H12N2O3. The Bertz CT molecular complexity index is 344.